The molecule has 2 aromatic heterocycles. The molecule has 0 amide bonds. The Balaban J connectivity index is 1.84. The van der Waals surface area contributed by atoms with Crippen LogP contribution >= 0.6 is 0 Å². The topological polar surface area (TPSA) is 72.8 Å². The summed E-state index contributed by atoms with van der Waals surface area (Å²) in [4.78, 5) is 18.8. The number of hydrogen-bond donors (Lipinski definition) is 1. The molecule has 130 valence electrons. The molecular formula is C18H12F2N4O2. The Hall–Kier alpha value is -3.55. The number of fused-ring (bicyclic) bond motifs is 1. The average molecular weight is 354 g/mol. The quantitative estimate of drug-likeness (QED) is 0.611. The van der Waals surface area contributed by atoms with Crippen LogP contribution in [0.15, 0.2) is 53.5 Å². The molecule has 0 unspecified atom stereocenters. The number of aromatic amines is 1. The normalized spacial score (nSPS) is 11.0. The number of H-pyrrole nitrogens is 1. The zero-order chi connectivity index (χ0) is 18.3. The van der Waals surface area contributed by atoms with E-state index in [0.29, 0.717) is 11.3 Å². The monoisotopic (exact) mass is 354 g/mol. The fourth-order valence-corrected chi connectivity index (χ4v) is 2.59. The van der Waals surface area contributed by atoms with Crippen molar-refractivity contribution in [1.82, 2.24) is 19.7 Å². The number of aryl methyl sites for hydroxylation is 1. The van der Waals surface area contributed by atoms with Gasteiger partial charge in [-0.2, -0.15) is 10.1 Å². The molecule has 2 heterocycles. The lowest BCUT2D eigenvalue weighted by atomic mass is 10.2. The summed E-state index contributed by atoms with van der Waals surface area (Å²) in [5, 5.41) is 4.38. The van der Waals surface area contributed by atoms with E-state index in [2.05, 4.69) is 15.1 Å². The molecule has 0 saturated carbocycles. The fraction of sp³-hybridized carbons (Fsp3) is 0.0556. The van der Waals surface area contributed by atoms with Crippen molar-refractivity contribution < 1.29 is 13.5 Å². The average Bonchev–Trinajstić information content (AvgIpc) is 3.03. The minimum Gasteiger partial charge on any atom is -0.419 e. The molecule has 8 heteroatoms. The summed E-state index contributed by atoms with van der Waals surface area (Å²) >= 11 is 0. The van der Waals surface area contributed by atoms with E-state index in [9.17, 15) is 13.6 Å². The number of ether oxygens (including phenoxy) is 1. The minimum absolute atomic E-state index is 0.211. The third-order valence-electron chi connectivity index (χ3n) is 3.76. The number of rotatable bonds is 3. The lowest BCUT2D eigenvalue weighted by molar-refractivity contribution is 0.382. The second-order valence-electron chi connectivity index (χ2n) is 5.66. The predicted octanol–water partition coefficient (Wildman–Crippen LogP) is 3.49. The Morgan fingerprint density at radius 2 is 1.81 bits per heavy atom. The highest BCUT2D eigenvalue weighted by Crippen LogP contribution is 2.27. The molecule has 26 heavy (non-hydrogen) atoms. The molecule has 0 saturated heterocycles. The maximum absolute atomic E-state index is 14.0. The van der Waals surface area contributed by atoms with Gasteiger partial charge in [0.25, 0.3) is 5.56 Å². The first-order valence-corrected chi connectivity index (χ1v) is 7.70. The Bertz CT molecular complexity index is 1150. The fourth-order valence-electron chi connectivity index (χ4n) is 2.59. The number of hydrogen-bond acceptors (Lipinski definition) is 4. The second-order valence-corrected chi connectivity index (χ2v) is 5.66. The van der Waals surface area contributed by atoms with Crippen molar-refractivity contribution in [2.45, 2.75) is 6.92 Å². The van der Waals surface area contributed by atoms with Gasteiger partial charge in [0.15, 0.2) is 17.3 Å². The Kier molecular flexibility index (Phi) is 3.72. The van der Waals surface area contributed by atoms with Gasteiger partial charge < -0.3 is 4.74 Å². The molecule has 0 bridgehead atoms. The lowest BCUT2D eigenvalue weighted by Crippen LogP contribution is -2.10. The second kappa shape index (κ2) is 6.07. The summed E-state index contributed by atoms with van der Waals surface area (Å²) in [7, 11) is 0. The van der Waals surface area contributed by atoms with Crippen molar-refractivity contribution in [2.75, 3.05) is 0 Å². The molecular weight excluding hydrogens is 342 g/mol. The smallest absolute Gasteiger partial charge is 0.304 e. The number of para-hydroxylation sites is 1. The van der Waals surface area contributed by atoms with Gasteiger partial charge in [-0.05, 0) is 36.8 Å². The Morgan fingerprint density at radius 1 is 1.12 bits per heavy atom. The zero-order valence-corrected chi connectivity index (χ0v) is 13.5. The van der Waals surface area contributed by atoms with Crippen LogP contribution in [0.5, 0.6) is 11.8 Å². The van der Waals surface area contributed by atoms with Crippen LogP contribution in [-0.4, -0.2) is 19.7 Å². The molecule has 0 spiro atoms. The SMILES string of the molecule is Cc1cc(F)c(Oc2nc3c(cnn3-c3ccccc3)c(=O)[nH]2)c(F)c1. The molecule has 2 aromatic carbocycles. The Labute approximate surface area is 145 Å². The first kappa shape index (κ1) is 15.9. The first-order chi connectivity index (χ1) is 12.5. The molecule has 4 aromatic rings. The maximum Gasteiger partial charge on any atom is 0.304 e. The molecule has 1 N–H and O–H groups in total. The molecule has 0 aliphatic rings. The van der Waals surface area contributed by atoms with Gasteiger partial charge in [-0.15, -0.1) is 0 Å². The summed E-state index contributed by atoms with van der Waals surface area (Å²) in [6, 6.07) is 11.0. The Morgan fingerprint density at radius 3 is 2.50 bits per heavy atom. The van der Waals surface area contributed by atoms with E-state index in [4.69, 9.17) is 4.74 Å². The van der Waals surface area contributed by atoms with Gasteiger partial charge in [0.2, 0.25) is 5.75 Å². The van der Waals surface area contributed by atoms with E-state index in [1.807, 2.05) is 18.2 Å². The van der Waals surface area contributed by atoms with E-state index in [1.165, 1.54) is 10.9 Å². The third kappa shape index (κ3) is 2.71. The van der Waals surface area contributed by atoms with Crippen molar-refractivity contribution in [2.24, 2.45) is 0 Å². The van der Waals surface area contributed by atoms with Crippen molar-refractivity contribution in [1.29, 1.82) is 0 Å². The van der Waals surface area contributed by atoms with E-state index in [1.54, 1.807) is 19.1 Å². The number of benzene rings is 2. The van der Waals surface area contributed by atoms with Crippen LogP contribution in [0.1, 0.15) is 5.56 Å². The summed E-state index contributed by atoms with van der Waals surface area (Å²) in [6.07, 6.45) is 1.37. The summed E-state index contributed by atoms with van der Waals surface area (Å²) < 4.78 is 34.6. The van der Waals surface area contributed by atoms with Crippen LogP contribution in [0.3, 0.4) is 0 Å². The van der Waals surface area contributed by atoms with Crippen molar-refractivity contribution >= 4 is 11.0 Å². The summed E-state index contributed by atoms with van der Waals surface area (Å²) in [5.74, 6) is -2.41. The highest BCUT2D eigenvalue weighted by molar-refractivity contribution is 5.75. The van der Waals surface area contributed by atoms with E-state index < -0.39 is 22.9 Å². The first-order valence-electron chi connectivity index (χ1n) is 7.70. The maximum atomic E-state index is 14.0. The largest absolute Gasteiger partial charge is 0.419 e. The van der Waals surface area contributed by atoms with E-state index in [0.717, 1.165) is 12.1 Å². The van der Waals surface area contributed by atoms with Gasteiger partial charge in [0.1, 0.15) is 5.39 Å². The predicted molar refractivity (Wildman–Crippen MR) is 90.7 cm³/mol. The highest BCUT2D eigenvalue weighted by Gasteiger charge is 2.17. The zero-order valence-electron chi connectivity index (χ0n) is 13.5. The van der Waals surface area contributed by atoms with Crippen LogP contribution in [0, 0.1) is 18.6 Å². The number of aromatic nitrogens is 4. The van der Waals surface area contributed by atoms with Crippen molar-refractivity contribution in [3.63, 3.8) is 0 Å². The van der Waals surface area contributed by atoms with Gasteiger partial charge in [-0.25, -0.2) is 13.5 Å². The van der Waals surface area contributed by atoms with Crippen LogP contribution in [0.4, 0.5) is 8.78 Å². The van der Waals surface area contributed by atoms with E-state index in [-0.39, 0.29) is 17.0 Å². The van der Waals surface area contributed by atoms with Gasteiger partial charge >= 0.3 is 6.01 Å². The molecule has 0 radical (unpaired) electrons. The van der Waals surface area contributed by atoms with Crippen LogP contribution in [0.2, 0.25) is 0 Å². The molecule has 0 fully saturated rings. The molecule has 0 aliphatic heterocycles. The van der Waals surface area contributed by atoms with E-state index >= 15 is 0 Å². The van der Waals surface area contributed by atoms with Gasteiger partial charge in [-0.3, -0.25) is 9.78 Å². The summed E-state index contributed by atoms with van der Waals surface area (Å²) in [6.45, 7) is 1.56. The standard InChI is InChI=1S/C18H12F2N4O2/c1-10-7-13(19)15(14(20)8-10)26-18-22-16-12(17(25)23-18)9-21-24(16)11-5-3-2-4-6-11/h2-9H,1H3,(H,22,23,25). The van der Waals surface area contributed by atoms with Crippen molar-refractivity contribution in [3.05, 3.63) is 76.2 Å². The van der Waals surface area contributed by atoms with Crippen molar-refractivity contribution in [3.8, 4) is 17.4 Å². The number of nitrogens with zero attached hydrogens (tertiary/aromatic N) is 3. The lowest BCUT2D eigenvalue weighted by Gasteiger charge is -2.08. The molecule has 6 nitrogen and oxygen atoms in total. The summed E-state index contributed by atoms with van der Waals surface area (Å²) in [5.41, 5.74) is 0.772. The molecule has 0 aliphatic carbocycles. The molecule has 4 rings (SSSR count). The number of halogens is 2. The minimum atomic E-state index is -0.887. The number of nitrogens with one attached hydrogen (secondary N) is 1. The molecule has 0 atom stereocenters. The van der Waals surface area contributed by atoms with Crippen LogP contribution in [-0.2, 0) is 0 Å². The van der Waals surface area contributed by atoms with Crippen LogP contribution < -0.4 is 10.3 Å². The van der Waals surface area contributed by atoms with Gasteiger partial charge in [0, 0.05) is 0 Å². The van der Waals surface area contributed by atoms with Gasteiger partial charge in [-0.1, -0.05) is 18.2 Å². The third-order valence-corrected chi connectivity index (χ3v) is 3.76. The van der Waals surface area contributed by atoms with Crippen LogP contribution in [0.25, 0.3) is 16.7 Å². The van der Waals surface area contributed by atoms with Gasteiger partial charge in [0.05, 0.1) is 11.9 Å². The highest BCUT2D eigenvalue weighted by atomic mass is 19.1.